The Bertz CT molecular complexity index is 1210. The smallest absolute Gasteiger partial charge is 0.255 e. The molecule has 0 fully saturated rings. The Morgan fingerprint density at radius 3 is 2.17 bits per heavy atom. The molecule has 0 aliphatic carbocycles. The summed E-state index contributed by atoms with van der Waals surface area (Å²) >= 11 is 0. The summed E-state index contributed by atoms with van der Waals surface area (Å²) in [6.07, 6.45) is 0. The molecule has 0 radical (unpaired) electrons. The van der Waals surface area contributed by atoms with Crippen LogP contribution >= 0.6 is 0 Å². The number of fused-ring (bicyclic) bond motifs is 1. The molecule has 2 heterocycles. The third kappa shape index (κ3) is 3.48. The van der Waals surface area contributed by atoms with Gasteiger partial charge in [-0.3, -0.25) is 4.79 Å². The first kappa shape index (κ1) is 17.9. The fraction of sp³-hybridized carbons (Fsp3) is 0.0870. The van der Waals surface area contributed by atoms with E-state index in [0.29, 0.717) is 34.5 Å². The molecule has 0 saturated carbocycles. The highest BCUT2D eigenvalue weighted by Gasteiger charge is 2.15. The van der Waals surface area contributed by atoms with E-state index in [0.717, 1.165) is 16.7 Å². The van der Waals surface area contributed by atoms with Crippen LogP contribution in [0, 0.1) is 6.92 Å². The van der Waals surface area contributed by atoms with Gasteiger partial charge in [0.1, 0.15) is 0 Å². The molecule has 1 N–H and O–H groups in total. The molecule has 0 unspecified atom stereocenters. The highest BCUT2D eigenvalue weighted by atomic mass is 16.7. The van der Waals surface area contributed by atoms with Crippen molar-refractivity contribution in [3.8, 4) is 34.4 Å². The van der Waals surface area contributed by atoms with Gasteiger partial charge in [-0.15, -0.1) is 10.2 Å². The molecule has 1 amide bonds. The van der Waals surface area contributed by atoms with Crippen LogP contribution in [0.15, 0.2) is 71.1 Å². The molecule has 30 heavy (non-hydrogen) atoms. The lowest BCUT2D eigenvalue weighted by molar-refractivity contribution is 0.102. The third-order valence-electron chi connectivity index (χ3n) is 4.75. The number of anilines is 1. The summed E-state index contributed by atoms with van der Waals surface area (Å²) in [5.74, 6) is 1.90. The van der Waals surface area contributed by atoms with Crippen LogP contribution < -0.4 is 14.8 Å². The Morgan fingerprint density at radius 2 is 1.47 bits per heavy atom. The monoisotopic (exact) mass is 399 g/mol. The zero-order chi connectivity index (χ0) is 20.5. The lowest BCUT2D eigenvalue weighted by Gasteiger charge is -2.06. The normalized spacial score (nSPS) is 12.0. The van der Waals surface area contributed by atoms with Crippen molar-refractivity contribution in [2.45, 2.75) is 6.92 Å². The van der Waals surface area contributed by atoms with E-state index >= 15 is 0 Å². The van der Waals surface area contributed by atoms with Crippen LogP contribution in [0.1, 0.15) is 15.9 Å². The molecule has 0 spiro atoms. The van der Waals surface area contributed by atoms with Gasteiger partial charge in [0.05, 0.1) is 0 Å². The molecule has 0 saturated heterocycles. The quantitative estimate of drug-likeness (QED) is 0.536. The average molecular weight is 399 g/mol. The maximum Gasteiger partial charge on any atom is 0.255 e. The lowest BCUT2D eigenvalue weighted by Crippen LogP contribution is -2.11. The summed E-state index contributed by atoms with van der Waals surface area (Å²) in [5.41, 5.74) is 3.90. The molecule has 0 atom stereocenters. The predicted octanol–water partition coefficient (Wildman–Crippen LogP) is 4.69. The number of aryl methyl sites for hydroxylation is 1. The lowest BCUT2D eigenvalue weighted by atomic mass is 10.1. The van der Waals surface area contributed by atoms with Gasteiger partial charge < -0.3 is 19.2 Å². The minimum absolute atomic E-state index is 0.190. The number of nitrogens with zero attached hydrogens (tertiary/aromatic N) is 2. The number of hydrogen-bond acceptors (Lipinski definition) is 6. The van der Waals surface area contributed by atoms with Gasteiger partial charge >= 0.3 is 0 Å². The second-order valence-corrected chi connectivity index (χ2v) is 6.88. The van der Waals surface area contributed by atoms with E-state index in [1.807, 2.05) is 31.2 Å². The molecular weight excluding hydrogens is 382 g/mol. The molecule has 148 valence electrons. The molecule has 1 aliphatic heterocycles. The largest absolute Gasteiger partial charge is 0.454 e. The van der Waals surface area contributed by atoms with E-state index in [-0.39, 0.29) is 12.7 Å². The van der Waals surface area contributed by atoms with Crippen LogP contribution in [0.2, 0.25) is 0 Å². The summed E-state index contributed by atoms with van der Waals surface area (Å²) in [4.78, 5) is 12.5. The van der Waals surface area contributed by atoms with Gasteiger partial charge in [-0.1, -0.05) is 17.7 Å². The van der Waals surface area contributed by atoms with Crippen LogP contribution in [0.5, 0.6) is 11.5 Å². The predicted molar refractivity (Wildman–Crippen MR) is 110 cm³/mol. The second-order valence-electron chi connectivity index (χ2n) is 6.88. The van der Waals surface area contributed by atoms with Crippen molar-refractivity contribution in [2.24, 2.45) is 0 Å². The van der Waals surface area contributed by atoms with Gasteiger partial charge in [-0.25, -0.2) is 0 Å². The Kier molecular flexibility index (Phi) is 4.40. The number of rotatable bonds is 4. The zero-order valence-corrected chi connectivity index (χ0v) is 16.1. The summed E-state index contributed by atoms with van der Waals surface area (Å²) in [6, 6.07) is 20.1. The average Bonchev–Trinajstić information content (AvgIpc) is 3.44. The van der Waals surface area contributed by atoms with E-state index in [9.17, 15) is 4.79 Å². The van der Waals surface area contributed by atoms with Crippen LogP contribution in [-0.4, -0.2) is 22.9 Å². The minimum Gasteiger partial charge on any atom is -0.454 e. The van der Waals surface area contributed by atoms with Gasteiger partial charge in [0.2, 0.25) is 18.6 Å². The SMILES string of the molecule is Cc1ccc(-c2nnc(-c3ccc(C(=O)Nc4ccc5c(c4)OCO5)cc3)o2)cc1. The van der Waals surface area contributed by atoms with Crippen molar-refractivity contribution in [1.82, 2.24) is 10.2 Å². The van der Waals surface area contributed by atoms with Gasteiger partial charge in [0.25, 0.3) is 5.91 Å². The number of hydrogen-bond donors (Lipinski definition) is 1. The van der Waals surface area contributed by atoms with Crippen molar-refractivity contribution in [3.05, 3.63) is 77.9 Å². The first-order valence-corrected chi connectivity index (χ1v) is 9.38. The van der Waals surface area contributed by atoms with Gasteiger partial charge in [-0.05, 0) is 55.5 Å². The second kappa shape index (κ2) is 7.36. The molecule has 7 nitrogen and oxygen atoms in total. The van der Waals surface area contributed by atoms with E-state index in [1.165, 1.54) is 0 Å². The number of amides is 1. The standard InChI is InChI=1S/C23H17N3O4/c1-14-2-4-16(5-3-14)22-25-26-23(30-22)17-8-6-15(7-9-17)21(27)24-18-10-11-19-20(12-18)29-13-28-19/h2-12H,13H2,1H3,(H,24,27). The number of nitrogens with one attached hydrogen (secondary N) is 1. The van der Waals surface area contributed by atoms with E-state index in [2.05, 4.69) is 15.5 Å². The number of benzene rings is 3. The van der Waals surface area contributed by atoms with Crippen LogP contribution in [0.4, 0.5) is 5.69 Å². The van der Waals surface area contributed by atoms with Crippen molar-refractivity contribution in [2.75, 3.05) is 12.1 Å². The molecule has 4 aromatic rings. The summed E-state index contributed by atoms with van der Waals surface area (Å²) in [6.45, 7) is 2.21. The Labute approximate surface area is 172 Å². The number of aromatic nitrogens is 2. The van der Waals surface area contributed by atoms with Crippen LogP contribution in [-0.2, 0) is 0 Å². The summed E-state index contributed by atoms with van der Waals surface area (Å²) in [7, 11) is 0. The van der Waals surface area contributed by atoms with Gasteiger partial charge in [0, 0.05) is 28.4 Å². The number of carbonyl (C=O) groups excluding carboxylic acids is 1. The minimum atomic E-state index is -0.230. The number of ether oxygens (including phenoxy) is 2. The molecule has 1 aliphatic rings. The first-order valence-electron chi connectivity index (χ1n) is 9.38. The maximum absolute atomic E-state index is 12.5. The van der Waals surface area contributed by atoms with Crippen LogP contribution in [0.3, 0.4) is 0 Å². The fourth-order valence-electron chi connectivity index (χ4n) is 3.09. The highest BCUT2D eigenvalue weighted by molar-refractivity contribution is 6.04. The maximum atomic E-state index is 12.5. The summed E-state index contributed by atoms with van der Waals surface area (Å²) < 4.78 is 16.4. The zero-order valence-electron chi connectivity index (χ0n) is 16.1. The van der Waals surface area contributed by atoms with Gasteiger partial charge in [0.15, 0.2) is 11.5 Å². The molecular formula is C23H17N3O4. The van der Waals surface area contributed by atoms with E-state index in [4.69, 9.17) is 13.9 Å². The van der Waals surface area contributed by atoms with Crippen molar-refractivity contribution in [3.63, 3.8) is 0 Å². The fourth-order valence-corrected chi connectivity index (χ4v) is 3.09. The molecule has 3 aromatic carbocycles. The van der Waals surface area contributed by atoms with Crippen molar-refractivity contribution >= 4 is 11.6 Å². The number of carbonyl (C=O) groups is 1. The molecule has 5 rings (SSSR count). The topological polar surface area (TPSA) is 86.5 Å². The first-order chi connectivity index (χ1) is 14.7. The highest BCUT2D eigenvalue weighted by Crippen LogP contribution is 2.34. The molecule has 1 aromatic heterocycles. The Morgan fingerprint density at radius 1 is 0.833 bits per heavy atom. The van der Waals surface area contributed by atoms with E-state index < -0.39 is 0 Å². The van der Waals surface area contributed by atoms with Crippen molar-refractivity contribution in [1.29, 1.82) is 0 Å². The summed E-state index contributed by atoms with van der Waals surface area (Å²) in [5, 5.41) is 11.1. The van der Waals surface area contributed by atoms with E-state index in [1.54, 1.807) is 42.5 Å². The van der Waals surface area contributed by atoms with Gasteiger partial charge in [-0.2, -0.15) is 0 Å². The molecule has 0 bridgehead atoms. The third-order valence-corrected chi connectivity index (χ3v) is 4.75. The molecule has 7 heteroatoms. The van der Waals surface area contributed by atoms with Crippen molar-refractivity contribution < 1.29 is 18.7 Å². The van der Waals surface area contributed by atoms with Crippen LogP contribution in [0.25, 0.3) is 22.9 Å². The Hall–Kier alpha value is -4.13. The Balaban J connectivity index is 1.30.